The van der Waals surface area contributed by atoms with Gasteiger partial charge in [-0.05, 0) is 42.5 Å². The van der Waals surface area contributed by atoms with Crippen molar-refractivity contribution < 1.29 is 17.6 Å². The van der Waals surface area contributed by atoms with Gasteiger partial charge < -0.3 is 11.1 Å². The minimum absolute atomic E-state index is 0.189. The minimum Gasteiger partial charge on any atom is -0.330 e. The standard InChI is InChI=1S/C15H20FN3O3S/c1-15(8-17)4-5-19(9-15)23(21,22)13-6-10-2-3-14(20)18-12(10)7-11(13)16/h6-7H,2-5,8-9,17H2,1H3,(H,18,20). The second-order valence-electron chi connectivity index (χ2n) is 6.59. The number of sulfonamides is 1. The fraction of sp³-hybridized carbons (Fsp3) is 0.533. The van der Waals surface area contributed by atoms with Crippen LogP contribution in [0.1, 0.15) is 25.3 Å². The molecule has 1 amide bonds. The molecule has 0 aromatic heterocycles. The Morgan fingerprint density at radius 1 is 1.39 bits per heavy atom. The molecule has 0 radical (unpaired) electrons. The van der Waals surface area contributed by atoms with Crippen molar-refractivity contribution in [2.75, 3.05) is 25.0 Å². The molecular formula is C15H20FN3O3S. The Labute approximate surface area is 134 Å². The fourth-order valence-corrected chi connectivity index (χ4v) is 4.75. The number of nitrogens with two attached hydrogens (primary N) is 1. The molecule has 2 aliphatic heterocycles. The average Bonchev–Trinajstić information content (AvgIpc) is 2.90. The van der Waals surface area contributed by atoms with Gasteiger partial charge in [-0.3, -0.25) is 4.79 Å². The molecular weight excluding hydrogens is 321 g/mol. The van der Waals surface area contributed by atoms with Gasteiger partial charge in [0, 0.05) is 25.2 Å². The van der Waals surface area contributed by atoms with Crippen LogP contribution in [0.5, 0.6) is 0 Å². The van der Waals surface area contributed by atoms with Gasteiger partial charge in [-0.1, -0.05) is 6.92 Å². The highest BCUT2D eigenvalue weighted by atomic mass is 32.2. The summed E-state index contributed by atoms with van der Waals surface area (Å²) in [7, 11) is -3.91. The number of hydrogen-bond donors (Lipinski definition) is 2. The van der Waals surface area contributed by atoms with Crippen molar-refractivity contribution in [1.29, 1.82) is 0 Å². The van der Waals surface area contributed by atoms with Gasteiger partial charge in [0.15, 0.2) is 0 Å². The van der Waals surface area contributed by atoms with E-state index in [0.29, 0.717) is 43.7 Å². The van der Waals surface area contributed by atoms with Crippen LogP contribution in [-0.4, -0.2) is 38.3 Å². The van der Waals surface area contributed by atoms with Crippen molar-refractivity contribution in [1.82, 2.24) is 4.31 Å². The molecule has 2 aliphatic rings. The molecule has 2 heterocycles. The number of anilines is 1. The molecule has 6 nitrogen and oxygen atoms in total. The SMILES string of the molecule is CC1(CN)CCN(S(=O)(=O)c2cc3c(cc2F)NC(=O)CC3)C1. The summed E-state index contributed by atoms with van der Waals surface area (Å²) >= 11 is 0. The van der Waals surface area contributed by atoms with Gasteiger partial charge >= 0.3 is 0 Å². The van der Waals surface area contributed by atoms with Crippen LogP contribution in [0.2, 0.25) is 0 Å². The van der Waals surface area contributed by atoms with E-state index < -0.39 is 15.8 Å². The molecule has 1 atom stereocenters. The Morgan fingerprint density at radius 3 is 2.78 bits per heavy atom. The molecule has 0 saturated carbocycles. The first-order chi connectivity index (χ1) is 10.7. The lowest BCUT2D eigenvalue weighted by molar-refractivity contribution is -0.116. The molecule has 1 saturated heterocycles. The number of carbonyl (C=O) groups is 1. The Hall–Kier alpha value is -1.51. The number of hydrogen-bond acceptors (Lipinski definition) is 4. The summed E-state index contributed by atoms with van der Waals surface area (Å²) in [5.41, 5.74) is 6.43. The highest BCUT2D eigenvalue weighted by Gasteiger charge is 2.40. The average molecular weight is 341 g/mol. The predicted octanol–water partition coefficient (Wildman–Crippen LogP) is 1.07. The second kappa shape index (κ2) is 5.54. The van der Waals surface area contributed by atoms with E-state index in [-0.39, 0.29) is 22.6 Å². The number of carbonyl (C=O) groups excluding carboxylic acids is 1. The van der Waals surface area contributed by atoms with Crippen LogP contribution in [0, 0.1) is 11.2 Å². The van der Waals surface area contributed by atoms with Crippen LogP contribution in [-0.2, 0) is 21.2 Å². The van der Waals surface area contributed by atoms with Crippen molar-refractivity contribution in [3.63, 3.8) is 0 Å². The number of rotatable bonds is 3. The first-order valence-electron chi connectivity index (χ1n) is 7.58. The minimum atomic E-state index is -3.91. The zero-order chi connectivity index (χ0) is 16.8. The lowest BCUT2D eigenvalue weighted by Crippen LogP contribution is -2.35. The van der Waals surface area contributed by atoms with Crippen LogP contribution in [0.4, 0.5) is 10.1 Å². The number of fused-ring (bicyclic) bond motifs is 1. The molecule has 0 aliphatic carbocycles. The van der Waals surface area contributed by atoms with E-state index in [1.165, 1.54) is 10.4 Å². The third kappa shape index (κ3) is 2.86. The number of halogens is 1. The first kappa shape index (κ1) is 16.4. The van der Waals surface area contributed by atoms with Gasteiger partial charge in [-0.25, -0.2) is 12.8 Å². The lowest BCUT2D eigenvalue weighted by Gasteiger charge is -2.23. The van der Waals surface area contributed by atoms with Crippen LogP contribution >= 0.6 is 0 Å². The van der Waals surface area contributed by atoms with Crippen molar-refractivity contribution in [2.45, 2.75) is 31.1 Å². The summed E-state index contributed by atoms with van der Waals surface area (Å²) in [6.07, 6.45) is 1.34. The molecule has 126 valence electrons. The summed E-state index contributed by atoms with van der Waals surface area (Å²) in [5.74, 6) is -1.03. The number of nitrogens with one attached hydrogen (secondary N) is 1. The summed E-state index contributed by atoms with van der Waals surface area (Å²) in [5, 5.41) is 2.57. The molecule has 0 bridgehead atoms. The quantitative estimate of drug-likeness (QED) is 0.860. The van der Waals surface area contributed by atoms with Crippen molar-refractivity contribution >= 4 is 21.6 Å². The van der Waals surface area contributed by atoms with Crippen LogP contribution in [0.3, 0.4) is 0 Å². The number of benzene rings is 1. The Morgan fingerprint density at radius 2 is 2.13 bits per heavy atom. The van der Waals surface area contributed by atoms with Crippen molar-refractivity contribution in [2.24, 2.45) is 11.1 Å². The molecule has 0 spiro atoms. The van der Waals surface area contributed by atoms with Gasteiger partial charge in [0.1, 0.15) is 10.7 Å². The van der Waals surface area contributed by atoms with Crippen molar-refractivity contribution in [3.8, 4) is 0 Å². The number of amides is 1. The largest absolute Gasteiger partial charge is 0.330 e. The molecule has 3 N–H and O–H groups in total. The van der Waals surface area contributed by atoms with E-state index in [4.69, 9.17) is 5.73 Å². The Bertz CT molecular complexity index is 765. The third-order valence-corrected chi connectivity index (χ3v) is 6.55. The zero-order valence-electron chi connectivity index (χ0n) is 12.9. The highest BCUT2D eigenvalue weighted by molar-refractivity contribution is 7.89. The third-order valence-electron chi connectivity index (χ3n) is 4.69. The van der Waals surface area contributed by atoms with E-state index in [1.54, 1.807) is 0 Å². The van der Waals surface area contributed by atoms with Gasteiger partial charge in [-0.15, -0.1) is 0 Å². The monoisotopic (exact) mass is 341 g/mol. The van der Waals surface area contributed by atoms with Gasteiger partial charge in [0.2, 0.25) is 15.9 Å². The topological polar surface area (TPSA) is 92.5 Å². The maximum atomic E-state index is 14.3. The maximum absolute atomic E-state index is 14.3. The van der Waals surface area contributed by atoms with Gasteiger partial charge in [0.05, 0.1) is 0 Å². The second-order valence-corrected chi connectivity index (χ2v) is 8.50. The van der Waals surface area contributed by atoms with Crippen molar-refractivity contribution in [3.05, 3.63) is 23.5 Å². The fourth-order valence-electron chi connectivity index (χ4n) is 3.07. The van der Waals surface area contributed by atoms with E-state index in [0.717, 1.165) is 6.07 Å². The molecule has 1 unspecified atom stereocenters. The summed E-state index contributed by atoms with van der Waals surface area (Å²) < 4.78 is 41.2. The summed E-state index contributed by atoms with van der Waals surface area (Å²) in [6.45, 7) is 2.95. The van der Waals surface area contributed by atoms with Crippen LogP contribution < -0.4 is 11.1 Å². The molecule has 1 aromatic rings. The van der Waals surface area contributed by atoms with E-state index in [2.05, 4.69) is 5.32 Å². The van der Waals surface area contributed by atoms with Gasteiger partial charge in [0.25, 0.3) is 0 Å². The van der Waals surface area contributed by atoms with Gasteiger partial charge in [-0.2, -0.15) is 4.31 Å². The smallest absolute Gasteiger partial charge is 0.246 e. The normalized spacial score (nSPS) is 25.3. The molecule has 23 heavy (non-hydrogen) atoms. The molecule has 1 aromatic carbocycles. The lowest BCUT2D eigenvalue weighted by atomic mass is 9.90. The molecule has 3 rings (SSSR count). The van der Waals surface area contributed by atoms with E-state index in [1.807, 2.05) is 6.92 Å². The Balaban J connectivity index is 1.97. The maximum Gasteiger partial charge on any atom is 0.246 e. The summed E-state index contributed by atoms with van der Waals surface area (Å²) in [4.78, 5) is 11.0. The van der Waals surface area contributed by atoms with Crippen LogP contribution in [0.15, 0.2) is 17.0 Å². The summed E-state index contributed by atoms with van der Waals surface area (Å²) in [6, 6.07) is 2.44. The van der Waals surface area contributed by atoms with Crippen LogP contribution in [0.25, 0.3) is 0 Å². The van der Waals surface area contributed by atoms with E-state index in [9.17, 15) is 17.6 Å². The highest BCUT2D eigenvalue weighted by Crippen LogP contribution is 2.35. The Kier molecular flexibility index (Phi) is 3.94. The zero-order valence-corrected chi connectivity index (χ0v) is 13.7. The number of nitrogens with zero attached hydrogens (tertiary/aromatic N) is 1. The van der Waals surface area contributed by atoms with E-state index >= 15 is 0 Å². The first-order valence-corrected chi connectivity index (χ1v) is 9.02. The molecule has 1 fully saturated rings. The predicted molar refractivity (Wildman–Crippen MR) is 83.9 cm³/mol. The number of aryl methyl sites for hydroxylation is 1. The molecule has 8 heteroatoms.